The van der Waals surface area contributed by atoms with Gasteiger partial charge >= 0.3 is 0 Å². The molecule has 1 nitrogen and oxygen atoms in total. The molecular formula is C18H23BrClN. The zero-order chi connectivity index (χ0) is 14.7. The highest BCUT2D eigenvalue weighted by molar-refractivity contribution is 9.10. The topological polar surface area (TPSA) is 12.0 Å². The van der Waals surface area contributed by atoms with Gasteiger partial charge in [0.25, 0.3) is 0 Å². The Hall–Kier alpha value is -0.310. The number of hydrogen-bond acceptors (Lipinski definition) is 1. The zero-order valence-corrected chi connectivity index (χ0v) is 14.7. The second kappa shape index (κ2) is 7.30. The molecule has 0 spiro atoms. The molecule has 0 bridgehead atoms. The normalized spacial score (nSPS) is 20.8. The standard InChI is InChI=1S/C18H23BrClN/c19-18-9-6-16(20)11-14(18)10-15(12-21-17-7-8-17)13-4-2-1-3-5-13/h6,9-11,13,17,21H,1-5,7-8,12H2/b15-10-. The molecule has 1 N–H and O–H groups in total. The van der Waals surface area contributed by atoms with Crippen LogP contribution in [0.4, 0.5) is 0 Å². The molecule has 0 amide bonds. The SMILES string of the molecule is Clc1ccc(Br)c(/C=C(/CNC2CC2)C2CCCCC2)c1. The van der Waals surface area contributed by atoms with Crippen molar-refractivity contribution in [3.8, 4) is 0 Å². The van der Waals surface area contributed by atoms with Crippen molar-refractivity contribution in [3.05, 3.63) is 38.8 Å². The summed E-state index contributed by atoms with van der Waals surface area (Å²) in [7, 11) is 0. The summed E-state index contributed by atoms with van der Waals surface area (Å²) >= 11 is 9.81. The summed E-state index contributed by atoms with van der Waals surface area (Å²) in [5, 5.41) is 4.50. The first-order chi connectivity index (χ1) is 10.2. The molecule has 2 saturated carbocycles. The quantitative estimate of drug-likeness (QED) is 0.690. The molecule has 2 aliphatic rings. The average molecular weight is 369 g/mol. The van der Waals surface area contributed by atoms with Crippen LogP contribution in [0.1, 0.15) is 50.5 Å². The van der Waals surface area contributed by atoms with E-state index in [4.69, 9.17) is 11.6 Å². The summed E-state index contributed by atoms with van der Waals surface area (Å²) in [6, 6.07) is 6.80. The molecule has 1 aromatic carbocycles. The fourth-order valence-corrected chi connectivity index (χ4v) is 3.70. The van der Waals surface area contributed by atoms with Crippen molar-refractivity contribution in [1.82, 2.24) is 5.32 Å². The van der Waals surface area contributed by atoms with Crippen LogP contribution in [0.25, 0.3) is 6.08 Å². The summed E-state index contributed by atoms with van der Waals surface area (Å²) in [5.74, 6) is 0.746. The van der Waals surface area contributed by atoms with Crippen molar-refractivity contribution in [2.45, 2.75) is 51.0 Å². The van der Waals surface area contributed by atoms with Crippen molar-refractivity contribution in [1.29, 1.82) is 0 Å². The summed E-state index contributed by atoms with van der Waals surface area (Å²) in [6.07, 6.45) is 11.9. The van der Waals surface area contributed by atoms with Gasteiger partial charge < -0.3 is 5.32 Å². The molecule has 2 fully saturated rings. The summed E-state index contributed by atoms with van der Waals surface area (Å²) in [6.45, 7) is 1.04. The maximum Gasteiger partial charge on any atom is 0.0412 e. The third-order valence-corrected chi connectivity index (χ3v) is 5.56. The molecule has 0 aromatic heterocycles. The van der Waals surface area contributed by atoms with Crippen LogP contribution in [0.2, 0.25) is 5.02 Å². The number of benzene rings is 1. The predicted molar refractivity (Wildman–Crippen MR) is 94.7 cm³/mol. The van der Waals surface area contributed by atoms with Gasteiger partial charge in [-0.3, -0.25) is 0 Å². The lowest BCUT2D eigenvalue weighted by atomic mass is 9.83. The predicted octanol–water partition coefficient (Wildman–Crippen LogP) is 5.82. The highest BCUT2D eigenvalue weighted by Crippen LogP contribution is 2.33. The van der Waals surface area contributed by atoms with Gasteiger partial charge in [0.1, 0.15) is 0 Å². The van der Waals surface area contributed by atoms with Gasteiger partial charge in [0.2, 0.25) is 0 Å². The molecule has 0 saturated heterocycles. The minimum Gasteiger partial charge on any atom is -0.310 e. The third-order valence-electron chi connectivity index (χ3n) is 4.60. The highest BCUT2D eigenvalue weighted by atomic mass is 79.9. The molecule has 3 heteroatoms. The van der Waals surface area contributed by atoms with Gasteiger partial charge in [0.15, 0.2) is 0 Å². The van der Waals surface area contributed by atoms with Gasteiger partial charge in [0.05, 0.1) is 0 Å². The Morgan fingerprint density at radius 3 is 2.67 bits per heavy atom. The third kappa shape index (κ3) is 4.58. The van der Waals surface area contributed by atoms with Gasteiger partial charge in [-0.05, 0) is 55.4 Å². The second-order valence-corrected chi connectivity index (χ2v) is 7.67. The molecule has 2 aliphatic carbocycles. The molecule has 1 aromatic rings. The van der Waals surface area contributed by atoms with E-state index in [-0.39, 0.29) is 0 Å². The molecule has 114 valence electrons. The first-order valence-corrected chi connectivity index (χ1v) is 9.28. The zero-order valence-electron chi connectivity index (χ0n) is 12.4. The molecule has 0 atom stereocenters. The monoisotopic (exact) mass is 367 g/mol. The summed E-state index contributed by atoms with van der Waals surface area (Å²) in [4.78, 5) is 0. The average Bonchev–Trinajstić information content (AvgIpc) is 3.32. The minimum absolute atomic E-state index is 0.746. The van der Waals surface area contributed by atoms with Crippen molar-refractivity contribution < 1.29 is 0 Å². The van der Waals surface area contributed by atoms with Gasteiger partial charge in [-0.1, -0.05) is 58.4 Å². The van der Waals surface area contributed by atoms with E-state index in [1.807, 2.05) is 12.1 Å². The molecule has 0 radical (unpaired) electrons. The number of nitrogens with one attached hydrogen (secondary N) is 1. The van der Waals surface area contributed by atoms with E-state index < -0.39 is 0 Å². The number of hydrogen-bond donors (Lipinski definition) is 1. The lowest BCUT2D eigenvalue weighted by Gasteiger charge is -2.25. The van der Waals surface area contributed by atoms with Crippen LogP contribution < -0.4 is 5.32 Å². The van der Waals surface area contributed by atoms with E-state index in [2.05, 4.69) is 33.4 Å². The van der Waals surface area contributed by atoms with Gasteiger partial charge in [-0.15, -0.1) is 0 Å². The van der Waals surface area contributed by atoms with Crippen molar-refractivity contribution in [2.24, 2.45) is 5.92 Å². The number of halogens is 2. The maximum absolute atomic E-state index is 6.16. The van der Waals surface area contributed by atoms with Crippen LogP contribution in [-0.2, 0) is 0 Å². The Bertz CT molecular complexity index is 516. The van der Waals surface area contributed by atoms with E-state index in [0.29, 0.717) is 0 Å². The van der Waals surface area contributed by atoms with Gasteiger partial charge in [-0.2, -0.15) is 0 Å². The molecule has 0 heterocycles. The van der Waals surface area contributed by atoms with E-state index in [1.54, 1.807) is 5.57 Å². The highest BCUT2D eigenvalue weighted by Gasteiger charge is 2.23. The van der Waals surface area contributed by atoms with Crippen LogP contribution in [0.3, 0.4) is 0 Å². The van der Waals surface area contributed by atoms with Crippen molar-refractivity contribution >= 4 is 33.6 Å². The first-order valence-electron chi connectivity index (χ1n) is 8.11. The Labute approximate surface area is 141 Å². The van der Waals surface area contributed by atoms with Crippen LogP contribution in [0.15, 0.2) is 28.2 Å². The Balaban J connectivity index is 1.80. The van der Waals surface area contributed by atoms with E-state index in [0.717, 1.165) is 28.0 Å². The summed E-state index contributed by atoms with van der Waals surface area (Å²) < 4.78 is 1.13. The van der Waals surface area contributed by atoms with Crippen molar-refractivity contribution in [2.75, 3.05) is 6.54 Å². The van der Waals surface area contributed by atoms with Crippen LogP contribution >= 0.6 is 27.5 Å². The van der Waals surface area contributed by atoms with Crippen LogP contribution in [-0.4, -0.2) is 12.6 Å². The fraction of sp³-hybridized carbons (Fsp3) is 0.556. The van der Waals surface area contributed by atoms with Gasteiger partial charge in [0, 0.05) is 22.1 Å². The Morgan fingerprint density at radius 1 is 1.19 bits per heavy atom. The van der Waals surface area contributed by atoms with Crippen molar-refractivity contribution in [3.63, 3.8) is 0 Å². The first kappa shape index (κ1) is 15.6. The Morgan fingerprint density at radius 2 is 1.95 bits per heavy atom. The largest absolute Gasteiger partial charge is 0.310 e. The number of rotatable bonds is 5. The maximum atomic E-state index is 6.16. The minimum atomic E-state index is 0.746. The molecule has 0 unspecified atom stereocenters. The lowest BCUT2D eigenvalue weighted by Crippen LogP contribution is -2.24. The molecule has 3 rings (SSSR count). The molecule has 21 heavy (non-hydrogen) atoms. The molecule has 0 aliphatic heterocycles. The fourth-order valence-electron chi connectivity index (χ4n) is 3.16. The second-order valence-electron chi connectivity index (χ2n) is 6.38. The van der Waals surface area contributed by atoms with Gasteiger partial charge in [-0.25, -0.2) is 0 Å². The Kier molecular flexibility index (Phi) is 5.42. The van der Waals surface area contributed by atoms with E-state index in [9.17, 15) is 0 Å². The van der Waals surface area contributed by atoms with E-state index in [1.165, 1.54) is 50.5 Å². The van der Waals surface area contributed by atoms with Crippen LogP contribution in [0.5, 0.6) is 0 Å². The van der Waals surface area contributed by atoms with Crippen LogP contribution in [0, 0.1) is 5.92 Å². The molecular weight excluding hydrogens is 346 g/mol. The lowest BCUT2D eigenvalue weighted by molar-refractivity contribution is 0.396. The smallest absolute Gasteiger partial charge is 0.0412 e. The summed E-state index contributed by atoms with van der Waals surface area (Å²) in [5.41, 5.74) is 2.77. The van der Waals surface area contributed by atoms with E-state index >= 15 is 0 Å².